The highest BCUT2D eigenvalue weighted by atomic mass is 35.5. The zero-order valence-corrected chi connectivity index (χ0v) is 16.8. The Morgan fingerprint density at radius 2 is 1.93 bits per heavy atom. The van der Waals surface area contributed by atoms with E-state index < -0.39 is 5.82 Å². The van der Waals surface area contributed by atoms with E-state index in [0.29, 0.717) is 28.7 Å². The van der Waals surface area contributed by atoms with Gasteiger partial charge in [0.15, 0.2) is 0 Å². The van der Waals surface area contributed by atoms with E-state index in [4.69, 9.17) is 17.3 Å². The first kappa shape index (κ1) is 19.5. The Morgan fingerprint density at radius 1 is 1.21 bits per heavy atom. The molecule has 4 rings (SSSR count). The summed E-state index contributed by atoms with van der Waals surface area (Å²) in [6, 6.07) is 14.5. The number of hydrogen-bond donors (Lipinski definition) is 2. The summed E-state index contributed by atoms with van der Waals surface area (Å²) in [7, 11) is 1.73. The van der Waals surface area contributed by atoms with E-state index in [0.717, 1.165) is 19.3 Å². The molecule has 1 amide bonds. The molecule has 3 N–H and O–H groups in total. The number of halogens is 2. The van der Waals surface area contributed by atoms with Gasteiger partial charge in [-0.2, -0.15) is 5.10 Å². The van der Waals surface area contributed by atoms with Crippen molar-refractivity contribution in [3.05, 3.63) is 76.2 Å². The van der Waals surface area contributed by atoms with Crippen molar-refractivity contribution < 1.29 is 9.18 Å². The number of carbonyl (C=O) groups excluding carboxylic acids is 1. The normalized spacial score (nSPS) is 18.7. The van der Waals surface area contributed by atoms with Crippen LogP contribution in [0.15, 0.2) is 48.5 Å². The van der Waals surface area contributed by atoms with Crippen LogP contribution in [0.5, 0.6) is 0 Å². The Balaban J connectivity index is 1.59. The molecule has 2 aromatic carbocycles. The largest absolute Gasteiger partial charge is 0.383 e. The molecule has 0 saturated heterocycles. The minimum atomic E-state index is -0.538. The number of nitrogens with two attached hydrogens (primary N) is 1. The second-order valence-corrected chi connectivity index (χ2v) is 7.88. The number of aromatic nitrogens is 2. The topological polar surface area (TPSA) is 72.9 Å². The van der Waals surface area contributed by atoms with Gasteiger partial charge in [-0.25, -0.2) is 4.39 Å². The summed E-state index contributed by atoms with van der Waals surface area (Å²) in [5, 5.41) is 7.27. The van der Waals surface area contributed by atoms with Crippen molar-refractivity contribution in [2.24, 2.45) is 7.05 Å². The number of nitrogens with zero attached hydrogens (tertiary/aromatic N) is 2. The third-order valence-corrected chi connectivity index (χ3v) is 5.90. The van der Waals surface area contributed by atoms with Crippen LogP contribution < -0.4 is 11.1 Å². The first-order chi connectivity index (χ1) is 13.9. The lowest BCUT2D eigenvalue weighted by atomic mass is 9.94. The number of benzene rings is 2. The molecule has 1 aliphatic rings. The average Bonchev–Trinajstić information content (AvgIpc) is 3.31. The van der Waals surface area contributed by atoms with Gasteiger partial charge in [0, 0.05) is 18.7 Å². The highest BCUT2D eigenvalue weighted by molar-refractivity contribution is 6.31. The second-order valence-electron chi connectivity index (χ2n) is 7.47. The lowest BCUT2D eigenvalue weighted by Gasteiger charge is -2.12. The fourth-order valence-electron chi connectivity index (χ4n) is 4.10. The van der Waals surface area contributed by atoms with Crippen molar-refractivity contribution in [1.82, 2.24) is 9.78 Å². The lowest BCUT2D eigenvalue weighted by Crippen LogP contribution is -2.16. The summed E-state index contributed by atoms with van der Waals surface area (Å²) in [5.74, 6) is 0.00645. The number of nitrogen functional groups attached to an aromatic ring is 1. The molecule has 150 valence electrons. The van der Waals surface area contributed by atoms with E-state index in [9.17, 15) is 9.18 Å². The quantitative estimate of drug-likeness (QED) is 0.626. The van der Waals surface area contributed by atoms with E-state index in [1.54, 1.807) is 7.05 Å². The van der Waals surface area contributed by atoms with Crippen molar-refractivity contribution in [3.8, 4) is 0 Å². The Bertz CT molecular complexity index is 1050. The molecule has 1 heterocycles. The fourth-order valence-corrected chi connectivity index (χ4v) is 4.28. The minimum absolute atomic E-state index is 0.0522. The summed E-state index contributed by atoms with van der Waals surface area (Å²) in [5.41, 5.74) is 8.99. The van der Waals surface area contributed by atoms with Gasteiger partial charge in [-0.15, -0.1) is 0 Å². The number of nitrogens with one attached hydrogen (secondary N) is 1. The number of amides is 1. The molecule has 3 aromatic rings. The number of aryl methyl sites for hydroxylation is 1. The summed E-state index contributed by atoms with van der Waals surface area (Å²) < 4.78 is 14.9. The van der Waals surface area contributed by atoms with Gasteiger partial charge in [-0.1, -0.05) is 41.9 Å². The van der Waals surface area contributed by atoms with Gasteiger partial charge in [0.2, 0.25) is 0 Å². The average molecular weight is 413 g/mol. The predicted molar refractivity (Wildman–Crippen MR) is 113 cm³/mol. The SMILES string of the molecule is Cn1nc([C@H]2CC[C@@H](c3ccccc3)C2)c(C(=O)Nc2ccc(F)c(Cl)c2)c1N. The molecule has 1 fully saturated rings. The molecule has 0 spiro atoms. The van der Waals surface area contributed by atoms with Gasteiger partial charge >= 0.3 is 0 Å². The second kappa shape index (κ2) is 7.87. The van der Waals surface area contributed by atoms with E-state index >= 15 is 0 Å². The van der Waals surface area contributed by atoms with E-state index in [1.807, 2.05) is 18.2 Å². The van der Waals surface area contributed by atoms with Crippen LogP contribution >= 0.6 is 11.6 Å². The highest BCUT2D eigenvalue weighted by Crippen LogP contribution is 2.44. The van der Waals surface area contributed by atoms with Gasteiger partial charge in [0.1, 0.15) is 17.2 Å². The fraction of sp³-hybridized carbons (Fsp3) is 0.273. The number of rotatable bonds is 4. The first-order valence-corrected chi connectivity index (χ1v) is 9.95. The van der Waals surface area contributed by atoms with Crippen molar-refractivity contribution in [2.45, 2.75) is 31.1 Å². The maximum absolute atomic E-state index is 13.4. The smallest absolute Gasteiger partial charge is 0.261 e. The summed E-state index contributed by atoms with van der Waals surface area (Å²) in [6.45, 7) is 0. The third kappa shape index (κ3) is 3.85. The minimum Gasteiger partial charge on any atom is -0.383 e. The van der Waals surface area contributed by atoms with E-state index in [-0.39, 0.29) is 16.8 Å². The number of anilines is 2. The summed E-state index contributed by atoms with van der Waals surface area (Å²) in [4.78, 5) is 13.0. The van der Waals surface area contributed by atoms with Gasteiger partial charge < -0.3 is 11.1 Å². The molecule has 1 aliphatic carbocycles. The molecule has 1 aromatic heterocycles. The summed E-state index contributed by atoms with van der Waals surface area (Å²) in [6.07, 6.45) is 2.90. The van der Waals surface area contributed by atoms with Crippen LogP contribution in [0.2, 0.25) is 5.02 Å². The van der Waals surface area contributed by atoms with Crippen LogP contribution in [0.3, 0.4) is 0 Å². The molecule has 7 heteroatoms. The van der Waals surface area contributed by atoms with Crippen LogP contribution in [0.25, 0.3) is 0 Å². The highest BCUT2D eigenvalue weighted by Gasteiger charge is 2.33. The van der Waals surface area contributed by atoms with Crippen molar-refractivity contribution >= 4 is 29.0 Å². The molecule has 2 atom stereocenters. The van der Waals surface area contributed by atoms with Crippen LogP contribution in [0.1, 0.15) is 52.7 Å². The van der Waals surface area contributed by atoms with E-state index in [1.165, 1.54) is 28.4 Å². The Kier molecular flexibility index (Phi) is 5.28. The third-order valence-electron chi connectivity index (χ3n) is 5.61. The van der Waals surface area contributed by atoms with Crippen molar-refractivity contribution in [2.75, 3.05) is 11.1 Å². The molecule has 0 unspecified atom stereocenters. The zero-order valence-electron chi connectivity index (χ0n) is 16.0. The molecule has 5 nitrogen and oxygen atoms in total. The molecule has 29 heavy (non-hydrogen) atoms. The van der Waals surface area contributed by atoms with Crippen molar-refractivity contribution in [1.29, 1.82) is 0 Å². The maximum Gasteiger partial charge on any atom is 0.261 e. The summed E-state index contributed by atoms with van der Waals surface area (Å²) >= 11 is 5.82. The Hall–Kier alpha value is -2.86. The first-order valence-electron chi connectivity index (χ1n) is 9.57. The van der Waals surface area contributed by atoms with Gasteiger partial charge in [-0.05, 0) is 48.9 Å². The molecule has 1 saturated carbocycles. The van der Waals surface area contributed by atoms with E-state index in [2.05, 4.69) is 22.5 Å². The molecule has 0 radical (unpaired) electrons. The predicted octanol–water partition coefficient (Wildman–Crippen LogP) is 5.10. The lowest BCUT2D eigenvalue weighted by molar-refractivity contribution is 0.102. The molecular formula is C22H22ClFN4O. The zero-order chi connectivity index (χ0) is 20.5. The van der Waals surface area contributed by atoms with Crippen LogP contribution in [-0.4, -0.2) is 15.7 Å². The van der Waals surface area contributed by atoms with Gasteiger partial charge in [0.25, 0.3) is 5.91 Å². The van der Waals surface area contributed by atoms with Crippen LogP contribution in [0, 0.1) is 5.82 Å². The molecule has 0 aliphatic heterocycles. The molecular weight excluding hydrogens is 391 g/mol. The monoisotopic (exact) mass is 412 g/mol. The van der Waals surface area contributed by atoms with Gasteiger partial charge in [0.05, 0.1) is 10.7 Å². The van der Waals surface area contributed by atoms with Crippen molar-refractivity contribution in [3.63, 3.8) is 0 Å². The number of carbonyl (C=O) groups is 1. The Labute approximate surface area is 173 Å². The van der Waals surface area contributed by atoms with Crippen LogP contribution in [-0.2, 0) is 7.05 Å². The van der Waals surface area contributed by atoms with Crippen LogP contribution in [0.4, 0.5) is 15.9 Å². The number of hydrogen-bond acceptors (Lipinski definition) is 3. The van der Waals surface area contributed by atoms with Gasteiger partial charge in [-0.3, -0.25) is 9.48 Å². The Morgan fingerprint density at radius 3 is 2.66 bits per heavy atom. The molecule has 0 bridgehead atoms. The maximum atomic E-state index is 13.4. The standard InChI is InChI=1S/C22H22ClFN4O/c1-28-21(25)19(22(29)26-16-9-10-18(24)17(23)12-16)20(27-28)15-8-7-14(11-15)13-5-3-2-4-6-13/h2-6,9-10,12,14-15H,7-8,11,25H2,1H3,(H,26,29)/t14-,15+/m1/s1.